The smallest absolute Gasteiger partial charge is 0.150 e. The minimum absolute atomic E-state index is 0.555. The summed E-state index contributed by atoms with van der Waals surface area (Å²) in [7, 11) is 0. The molecule has 0 unspecified atom stereocenters. The standard InChI is InChI=1S/C13H12ClNO/c14-12-11-9(7-16)5-2-6-10(11)15-13(12)8-3-1-4-8/h2,5-8,15H,1,3-4H2. The molecule has 3 heteroatoms. The van der Waals surface area contributed by atoms with Gasteiger partial charge in [0.25, 0.3) is 0 Å². The minimum atomic E-state index is 0.555. The van der Waals surface area contributed by atoms with Crippen molar-refractivity contribution in [1.82, 2.24) is 4.98 Å². The van der Waals surface area contributed by atoms with Crippen LogP contribution >= 0.6 is 11.6 Å². The first-order valence-corrected chi connectivity index (χ1v) is 5.94. The van der Waals surface area contributed by atoms with Gasteiger partial charge in [0.05, 0.1) is 5.02 Å². The number of nitrogens with one attached hydrogen (secondary N) is 1. The predicted molar refractivity (Wildman–Crippen MR) is 65.3 cm³/mol. The molecule has 1 N–H and O–H groups in total. The number of hydrogen-bond acceptors (Lipinski definition) is 1. The largest absolute Gasteiger partial charge is 0.357 e. The summed E-state index contributed by atoms with van der Waals surface area (Å²) in [5.41, 5.74) is 2.75. The molecule has 0 bridgehead atoms. The van der Waals surface area contributed by atoms with Gasteiger partial charge < -0.3 is 4.98 Å². The number of aromatic amines is 1. The molecule has 1 aromatic carbocycles. The SMILES string of the molecule is O=Cc1cccc2[nH]c(C3CCC3)c(Cl)c12. The summed E-state index contributed by atoms with van der Waals surface area (Å²) in [4.78, 5) is 14.3. The van der Waals surface area contributed by atoms with Gasteiger partial charge in [0.2, 0.25) is 0 Å². The molecule has 0 radical (unpaired) electrons. The molecular formula is C13H12ClNO. The summed E-state index contributed by atoms with van der Waals surface area (Å²) in [6, 6.07) is 5.65. The van der Waals surface area contributed by atoms with E-state index >= 15 is 0 Å². The van der Waals surface area contributed by atoms with Crippen molar-refractivity contribution >= 4 is 28.8 Å². The lowest BCUT2D eigenvalue weighted by molar-refractivity contribution is 0.112. The molecule has 1 aromatic heterocycles. The van der Waals surface area contributed by atoms with Crippen LogP contribution in [0.25, 0.3) is 10.9 Å². The molecule has 1 aliphatic rings. The van der Waals surface area contributed by atoms with Crippen molar-refractivity contribution in [3.63, 3.8) is 0 Å². The van der Waals surface area contributed by atoms with Gasteiger partial charge in [0.1, 0.15) is 0 Å². The fourth-order valence-electron chi connectivity index (χ4n) is 2.33. The molecule has 0 spiro atoms. The number of benzene rings is 1. The Morgan fingerprint density at radius 1 is 1.38 bits per heavy atom. The molecule has 16 heavy (non-hydrogen) atoms. The van der Waals surface area contributed by atoms with Crippen molar-refractivity contribution in [3.05, 3.63) is 34.5 Å². The second-order valence-electron chi connectivity index (χ2n) is 4.37. The Labute approximate surface area is 98.6 Å². The van der Waals surface area contributed by atoms with Gasteiger partial charge in [-0.1, -0.05) is 30.2 Å². The number of rotatable bonds is 2. The highest BCUT2D eigenvalue weighted by atomic mass is 35.5. The third-order valence-corrected chi connectivity index (χ3v) is 3.85. The maximum atomic E-state index is 11.0. The van der Waals surface area contributed by atoms with Gasteiger partial charge in [0, 0.05) is 28.1 Å². The number of H-pyrrole nitrogens is 1. The molecule has 2 nitrogen and oxygen atoms in total. The van der Waals surface area contributed by atoms with Crippen LogP contribution in [0.3, 0.4) is 0 Å². The molecule has 0 amide bonds. The zero-order valence-corrected chi connectivity index (χ0v) is 9.55. The van der Waals surface area contributed by atoms with E-state index in [1.54, 1.807) is 6.07 Å². The third-order valence-electron chi connectivity index (χ3n) is 3.46. The van der Waals surface area contributed by atoms with E-state index in [1.165, 1.54) is 19.3 Å². The summed E-state index contributed by atoms with van der Waals surface area (Å²) in [6.45, 7) is 0. The average Bonchev–Trinajstić information content (AvgIpc) is 2.54. The van der Waals surface area contributed by atoms with Gasteiger partial charge in [-0.2, -0.15) is 0 Å². The molecule has 3 rings (SSSR count). The van der Waals surface area contributed by atoms with E-state index in [-0.39, 0.29) is 0 Å². The van der Waals surface area contributed by atoms with Crippen molar-refractivity contribution in [2.24, 2.45) is 0 Å². The van der Waals surface area contributed by atoms with E-state index in [0.29, 0.717) is 11.5 Å². The molecule has 1 saturated carbocycles. The number of aromatic nitrogens is 1. The van der Waals surface area contributed by atoms with Crippen molar-refractivity contribution in [1.29, 1.82) is 0 Å². The van der Waals surface area contributed by atoms with E-state index in [9.17, 15) is 4.79 Å². The Bertz CT molecular complexity index is 554. The summed E-state index contributed by atoms with van der Waals surface area (Å²) < 4.78 is 0. The number of carbonyl (C=O) groups is 1. The quantitative estimate of drug-likeness (QED) is 0.784. The number of hydrogen-bond donors (Lipinski definition) is 1. The second kappa shape index (κ2) is 3.63. The second-order valence-corrected chi connectivity index (χ2v) is 4.75. The van der Waals surface area contributed by atoms with Gasteiger partial charge >= 0.3 is 0 Å². The number of halogens is 1. The van der Waals surface area contributed by atoms with Crippen LogP contribution in [0.2, 0.25) is 5.02 Å². The molecule has 2 aromatic rings. The molecule has 1 aliphatic carbocycles. The van der Waals surface area contributed by atoms with Crippen molar-refractivity contribution in [2.45, 2.75) is 25.2 Å². The Morgan fingerprint density at radius 3 is 2.81 bits per heavy atom. The van der Waals surface area contributed by atoms with E-state index in [1.807, 2.05) is 12.1 Å². The first-order chi connectivity index (χ1) is 7.81. The summed E-state index contributed by atoms with van der Waals surface area (Å²) >= 11 is 6.36. The zero-order chi connectivity index (χ0) is 11.1. The highest BCUT2D eigenvalue weighted by Gasteiger charge is 2.25. The van der Waals surface area contributed by atoms with Crippen LogP contribution in [0, 0.1) is 0 Å². The molecule has 0 atom stereocenters. The molecule has 1 fully saturated rings. The average molecular weight is 234 g/mol. The van der Waals surface area contributed by atoms with Crippen LogP contribution in [0.1, 0.15) is 41.2 Å². The molecular weight excluding hydrogens is 222 g/mol. The Morgan fingerprint density at radius 2 is 2.19 bits per heavy atom. The van der Waals surface area contributed by atoms with E-state index in [4.69, 9.17) is 11.6 Å². The fourth-order valence-corrected chi connectivity index (χ4v) is 2.74. The first-order valence-electron chi connectivity index (χ1n) is 5.56. The van der Waals surface area contributed by atoms with Crippen molar-refractivity contribution in [3.8, 4) is 0 Å². The lowest BCUT2D eigenvalue weighted by Gasteiger charge is -2.24. The highest BCUT2D eigenvalue weighted by Crippen LogP contribution is 2.42. The number of aldehydes is 1. The predicted octanol–water partition coefficient (Wildman–Crippen LogP) is 3.90. The van der Waals surface area contributed by atoms with Crippen molar-refractivity contribution < 1.29 is 4.79 Å². The van der Waals surface area contributed by atoms with Crippen LogP contribution in [-0.4, -0.2) is 11.3 Å². The number of fused-ring (bicyclic) bond motifs is 1. The molecule has 0 aliphatic heterocycles. The maximum absolute atomic E-state index is 11.0. The lowest BCUT2D eigenvalue weighted by Crippen LogP contribution is -2.09. The topological polar surface area (TPSA) is 32.9 Å². The number of carbonyl (C=O) groups excluding carboxylic acids is 1. The van der Waals surface area contributed by atoms with Crippen LogP contribution in [0.15, 0.2) is 18.2 Å². The van der Waals surface area contributed by atoms with Gasteiger partial charge in [-0.3, -0.25) is 4.79 Å². The Hall–Kier alpha value is -1.28. The minimum Gasteiger partial charge on any atom is -0.357 e. The summed E-state index contributed by atoms with van der Waals surface area (Å²) in [5, 5.41) is 1.61. The highest BCUT2D eigenvalue weighted by molar-refractivity contribution is 6.37. The Balaban J connectivity index is 2.25. The third kappa shape index (κ3) is 1.30. The van der Waals surface area contributed by atoms with Gasteiger partial charge in [-0.25, -0.2) is 0 Å². The van der Waals surface area contributed by atoms with Crippen LogP contribution in [0.4, 0.5) is 0 Å². The van der Waals surface area contributed by atoms with Crippen molar-refractivity contribution in [2.75, 3.05) is 0 Å². The van der Waals surface area contributed by atoms with Crippen LogP contribution in [0.5, 0.6) is 0 Å². The molecule has 82 valence electrons. The maximum Gasteiger partial charge on any atom is 0.150 e. The van der Waals surface area contributed by atoms with Crippen LogP contribution < -0.4 is 0 Å². The first kappa shape index (κ1) is 9.91. The van der Waals surface area contributed by atoms with Gasteiger partial charge in [-0.15, -0.1) is 0 Å². The van der Waals surface area contributed by atoms with Crippen LogP contribution in [-0.2, 0) is 0 Å². The fraction of sp³-hybridized carbons (Fsp3) is 0.308. The summed E-state index contributed by atoms with van der Waals surface area (Å²) in [5.74, 6) is 0.555. The van der Waals surface area contributed by atoms with E-state index in [0.717, 1.165) is 27.9 Å². The lowest BCUT2D eigenvalue weighted by atomic mass is 9.83. The van der Waals surface area contributed by atoms with E-state index < -0.39 is 0 Å². The zero-order valence-electron chi connectivity index (χ0n) is 8.79. The monoisotopic (exact) mass is 233 g/mol. The Kier molecular flexibility index (Phi) is 2.25. The molecule has 1 heterocycles. The molecule has 0 saturated heterocycles. The van der Waals surface area contributed by atoms with Gasteiger partial charge in [0.15, 0.2) is 6.29 Å². The van der Waals surface area contributed by atoms with E-state index in [2.05, 4.69) is 4.98 Å². The summed E-state index contributed by atoms with van der Waals surface area (Å²) in [6.07, 6.45) is 4.54. The van der Waals surface area contributed by atoms with Gasteiger partial charge in [-0.05, 0) is 18.9 Å². The normalized spacial score (nSPS) is 16.3.